The third kappa shape index (κ3) is 3.36. The van der Waals surface area contributed by atoms with Gasteiger partial charge in [0.05, 0.1) is 6.42 Å². The van der Waals surface area contributed by atoms with Gasteiger partial charge in [0.15, 0.2) is 0 Å². The first-order chi connectivity index (χ1) is 10.1. The summed E-state index contributed by atoms with van der Waals surface area (Å²) in [6.45, 7) is 3.96. The van der Waals surface area contributed by atoms with Gasteiger partial charge in [-0.25, -0.2) is 0 Å². The molecule has 3 nitrogen and oxygen atoms in total. The van der Waals surface area contributed by atoms with Gasteiger partial charge in [-0.05, 0) is 48.9 Å². The number of amides is 1. The maximum absolute atomic E-state index is 12.4. The lowest BCUT2D eigenvalue weighted by atomic mass is 9.78. The van der Waals surface area contributed by atoms with Crippen molar-refractivity contribution < 1.29 is 4.79 Å². The molecule has 1 aromatic rings. The van der Waals surface area contributed by atoms with Gasteiger partial charge in [0.1, 0.15) is 0 Å². The molecular weight excluding hydrogens is 307 g/mol. The van der Waals surface area contributed by atoms with E-state index in [1.54, 1.807) is 12.1 Å². The van der Waals surface area contributed by atoms with Crippen LogP contribution in [-0.4, -0.2) is 37.0 Å². The second-order valence-electron chi connectivity index (χ2n) is 6.22. The average Bonchev–Trinajstić information content (AvgIpc) is 2.91. The Morgan fingerprint density at radius 3 is 2.62 bits per heavy atom. The molecule has 21 heavy (non-hydrogen) atoms. The van der Waals surface area contributed by atoms with Crippen LogP contribution in [0, 0.1) is 5.41 Å². The van der Waals surface area contributed by atoms with Crippen LogP contribution in [-0.2, 0) is 11.2 Å². The largest absolute Gasteiger partial charge is 0.342 e. The molecule has 0 unspecified atom stereocenters. The Balaban J connectivity index is 1.59. The van der Waals surface area contributed by atoms with Gasteiger partial charge in [0.25, 0.3) is 0 Å². The maximum atomic E-state index is 12.4. The van der Waals surface area contributed by atoms with Crippen molar-refractivity contribution in [1.82, 2.24) is 10.2 Å². The van der Waals surface area contributed by atoms with E-state index >= 15 is 0 Å². The summed E-state index contributed by atoms with van der Waals surface area (Å²) in [5.41, 5.74) is 1.29. The number of nitrogens with zero attached hydrogens (tertiary/aromatic N) is 1. The Kier molecular flexibility index (Phi) is 4.43. The molecule has 1 N–H and O–H groups in total. The third-order valence-corrected chi connectivity index (χ3v) is 5.45. The summed E-state index contributed by atoms with van der Waals surface area (Å²) in [6, 6.07) is 5.32. The lowest BCUT2D eigenvalue weighted by Crippen LogP contribution is -2.44. The molecule has 114 valence electrons. The van der Waals surface area contributed by atoms with Crippen LogP contribution in [0.5, 0.6) is 0 Å². The number of carbonyl (C=O) groups is 1. The molecule has 1 aromatic carbocycles. The van der Waals surface area contributed by atoms with E-state index in [1.165, 1.54) is 6.42 Å². The Labute approximate surface area is 135 Å². The van der Waals surface area contributed by atoms with Crippen LogP contribution in [0.3, 0.4) is 0 Å². The van der Waals surface area contributed by atoms with Gasteiger partial charge in [0.2, 0.25) is 5.91 Å². The van der Waals surface area contributed by atoms with Crippen molar-refractivity contribution >= 4 is 29.1 Å². The number of rotatable bonds is 2. The second kappa shape index (κ2) is 6.15. The van der Waals surface area contributed by atoms with Gasteiger partial charge in [0, 0.05) is 29.7 Å². The van der Waals surface area contributed by atoms with Crippen molar-refractivity contribution in [2.75, 3.05) is 26.2 Å². The highest BCUT2D eigenvalue weighted by atomic mass is 35.5. The first kappa shape index (κ1) is 15.1. The summed E-state index contributed by atoms with van der Waals surface area (Å²) in [5.74, 6) is 0.167. The van der Waals surface area contributed by atoms with Crippen LogP contribution < -0.4 is 5.32 Å². The molecular formula is C16H20Cl2N2O. The number of nitrogens with one attached hydrogen (secondary N) is 1. The molecule has 3 rings (SSSR count). The maximum Gasteiger partial charge on any atom is 0.227 e. The van der Waals surface area contributed by atoms with Gasteiger partial charge < -0.3 is 10.2 Å². The van der Waals surface area contributed by atoms with Crippen molar-refractivity contribution in [2.45, 2.75) is 25.7 Å². The van der Waals surface area contributed by atoms with Crippen LogP contribution in [0.15, 0.2) is 18.2 Å². The molecule has 0 bridgehead atoms. The number of likely N-dealkylation sites (tertiary alicyclic amines) is 1. The molecule has 1 spiro atoms. The molecule has 0 aromatic heterocycles. The van der Waals surface area contributed by atoms with Gasteiger partial charge >= 0.3 is 0 Å². The molecule has 0 atom stereocenters. The fourth-order valence-electron chi connectivity index (χ4n) is 3.39. The summed E-state index contributed by atoms with van der Waals surface area (Å²) >= 11 is 12.0. The molecule has 0 radical (unpaired) electrons. The van der Waals surface area contributed by atoms with E-state index < -0.39 is 0 Å². The summed E-state index contributed by atoms with van der Waals surface area (Å²) in [4.78, 5) is 14.4. The number of hydrogen-bond donors (Lipinski definition) is 1. The fraction of sp³-hybridized carbons (Fsp3) is 0.562. The van der Waals surface area contributed by atoms with E-state index in [0.29, 0.717) is 21.9 Å². The van der Waals surface area contributed by atoms with E-state index in [-0.39, 0.29) is 5.91 Å². The number of halogens is 2. The highest BCUT2D eigenvalue weighted by Gasteiger charge is 2.37. The van der Waals surface area contributed by atoms with Gasteiger partial charge in [-0.15, -0.1) is 0 Å². The van der Waals surface area contributed by atoms with Crippen molar-refractivity contribution in [2.24, 2.45) is 5.41 Å². The van der Waals surface area contributed by atoms with Crippen molar-refractivity contribution in [3.05, 3.63) is 33.8 Å². The predicted octanol–water partition coefficient (Wildman–Crippen LogP) is 3.14. The quantitative estimate of drug-likeness (QED) is 0.905. The molecule has 2 aliphatic heterocycles. The second-order valence-corrected chi connectivity index (χ2v) is 7.06. The first-order valence-electron chi connectivity index (χ1n) is 7.50. The zero-order valence-electron chi connectivity index (χ0n) is 12.0. The van der Waals surface area contributed by atoms with Gasteiger partial charge in [-0.3, -0.25) is 4.79 Å². The highest BCUT2D eigenvalue weighted by Crippen LogP contribution is 2.37. The first-order valence-corrected chi connectivity index (χ1v) is 8.26. The Hall–Kier alpha value is -0.770. The smallest absolute Gasteiger partial charge is 0.227 e. The minimum atomic E-state index is 0.167. The van der Waals surface area contributed by atoms with E-state index in [4.69, 9.17) is 23.2 Å². The minimum Gasteiger partial charge on any atom is -0.342 e. The van der Waals surface area contributed by atoms with Crippen LogP contribution in [0.4, 0.5) is 0 Å². The predicted molar refractivity (Wildman–Crippen MR) is 85.9 cm³/mol. The highest BCUT2D eigenvalue weighted by molar-refractivity contribution is 6.35. The number of piperidine rings is 1. The van der Waals surface area contributed by atoms with Gasteiger partial charge in [-0.2, -0.15) is 0 Å². The van der Waals surface area contributed by atoms with Crippen molar-refractivity contribution in [3.63, 3.8) is 0 Å². The normalized spacial score (nSPS) is 21.0. The number of hydrogen-bond acceptors (Lipinski definition) is 2. The molecule has 2 saturated heterocycles. The van der Waals surface area contributed by atoms with Crippen LogP contribution >= 0.6 is 23.2 Å². The van der Waals surface area contributed by atoms with E-state index in [9.17, 15) is 4.79 Å². The Bertz CT molecular complexity index is 531. The van der Waals surface area contributed by atoms with Crippen LogP contribution in [0.25, 0.3) is 0 Å². The SMILES string of the molecule is O=C(Cc1ccc(Cl)cc1Cl)N1CCC2(CCNC2)CC1. The van der Waals surface area contributed by atoms with E-state index in [0.717, 1.165) is 44.6 Å². The van der Waals surface area contributed by atoms with Gasteiger partial charge in [-0.1, -0.05) is 29.3 Å². The molecule has 2 aliphatic rings. The average molecular weight is 327 g/mol. The minimum absolute atomic E-state index is 0.167. The molecule has 5 heteroatoms. The standard InChI is InChI=1S/C16H20Cl2N2O/c17-13-2-1-12(14(18)10-13)9-15(21)20-7-4-16(5-8-20)3-6-19-11-16/h1-2,10,19H,3-9,11H2. The molecule has 0 saturated carbocycles. The number of benzene rings is 1. The number of carbonyl (C=O) groups excluding carboxylic acids is 1. The van der Waals surface area contributed by atoms with Crippen molar-refractivity contribution in [3.8, 4) is 0 Å². The monoisotopic (exact) mass is 326 g/mol. The summed E-state index contributed by atoms with van der Waals surface area (Å²) in [6.07, 6.45) is 3.83. The summed E-state index contributed by atoms with van der Waals surface area (Å²) in [5, 5.41) is 4.62. The Morgan fingerprint density at radius 1 is 1.24 bits per heavy atom. The molecule has 2 heterocycles. The topological polar surface area (TPSA) is 32.3 Å². The zero-order valence-corrected chi connectivity index (χ0v) is 13.5. The third-order valence-electron chi connectivity index (χ3n) is 4.87. The lowest BCUT2D eigenvalue weighted by Gasteiger charge is -2.39. The summed E-state index contributed by atoms with van der Waals surface area (Å²) in [7, 11) is 0. The zero-order chi connectivity index (χ0) is 14.9. The van der Waals surface area contributed by atoms with Crippen LogP contribution in [0.2, 0.25) is 10.0 Å². The lowest BCUT2D eigenvalue weighted by molar-refractivity contribution is -0.132. The Morgan fingerprint density at radius 2 is 2.00 bits per heavy atom. The van der Waals surface area contributed by atoms with Crippen LogP contribution in [0.1, 0.15) is 24.8 Å². The molecule has 2 fully saturated rings. The molecule has 1 amide bonds. The fourth-order valence-corrected chi connectivity index (χ4v) is 3.87. The molecule has 0 aliphatic carbocycles. The summed E-state index contributed by atoms with van der Waals surface area (Å²) < 4.78 is 0. The van der Waals surface area contributed by atoms with E-state index in [2.05, 4.69) is 5.32 Å². The van der Waals surface area contributed by atoms with Crippen molar-refractivity contribution in [1.29, 1.82) is 0 Å². The van der Waals surface area contributed by atoms with E-state index in [1.807, 2.05) is 11.0 Å².